The lowest BCUT2D eigenvalue weighted by atomic mass is 9.90. The first-order chi connectivity index (χ1) is 41.8. The van der Waals surface area contributed by atoms with Crippen LogP contribution < -0.4 is 26.6 Å². The second-order valence-electron chi connectivity index (χ2n) is 23.4. The van der Waals surface area contributed by atoms with E-state index in [0.717, 1.165) is 26.6 Å². The zero-order valence-electron chi connectivity index (χ0n) is 49.7. The van der Waals surface area contributed by atoms with E-state index in [2.05, 4.69) is 31.6 Å². The number of ketones is 3. The molecule has 0 spiro atoms. The van der Waals surface area contributed by atoms with Gasteiger partial charge in [-0.2, -0.15) is 0 Å². The van der Waals surface area contributed by atoms with Crippen LogP contribution in [0.2, 0.25) is 5.02 Å². The maximum Gasteiger partial charge on any atom is 0.320 e. The molecule has 0 saturated carbocycles. The number of nitrogens with zero attached hydrogens (tertiary/aromatic N) is 3. The van der Waals surface area contributed by atoms with Crippen molar-refractivity contribution in [1.82, 2.24) is 46.3 Å². The number of amides is 5. The molecule has 3 aliphatic rings. The lowest BCUT2D eigenvalue weighted by Crippen LogP contribution is -2.54. The zero-order chi connectivity index (χ0) is 64.2. The van der Waals surface area contributed by atoms with Crippen molar-refractivity contribution in [2.45, 2.75) is 128 Å². The molecule has 4 heterocycles. The fourth-order valence-electron chi connectivity index (χ4n) is 11.3. The minimum atomic E-state index is -1.47. The fraction of sp³-hybridized carbons (Fsp3) is 0.583. The number of para-hydroxylation sites is 1. The summed E-state index contributed by atoms with van der Waals surface area (Å²) in [6.07, 6.45) is -2.53. The topological polar surface area (TPSA) is 375 Å². The van der Waals surface area contributed by atoms with E-state index in [4.69, 9.17) is 11.6 Å². The molecule has 5 amide bonds. The number of carbonyl (C=O) groups excluding carboxylic acids is 8. The number of aromatic nitrogens is 1. The number of nitrogens with one attached hydrogen (secondary N) is 6. The number of H-pyrrole nitrogens is 1. The van der Waals surface area contributed by atoms with Crippen molar-refractivity contribution >= 4 is 109 Å². The number of aliphatic carboxylic acids is 3. The van der Waals surface area contributed by atoms with E-state index in [-0.39, 0.29) is 105 Å². The summed E-state index contributed by atoms with van der Waals surface area (Å²) in [7, 11) is 2.38. The van der Waals surface area contributed by atoms with Crippen molar-refractivity contribution in [3.05, 3.63) is 64.8 Å². The molecule has 0 aliphatic carbocycles. The first kappa shape index (κ1) is 70.5. The molecule has 25 nitrogen and oxygen atoms in total. The van der Waals surface area contributed by atoms with Crippen LogP contribution in [-0.4, -0.2) is 217 Å². The Morgan fingerprint density at radius 2 is 1.59 bits per heavy atom. The summed E-state index contributed by atoms with van der Waals surface area (Å²) in [5.41, 5.74) is 1.78. The summed E-state index contributed by atoms with van der Waals surface area (Å²) < 4.78 is 0. The number of phenolic OH excluding ortho intramolecular Hbond substituents is 1. The van der Waals surface area contributed by atoms with Gasteiger partial charge in [0.2, 0.25) is 29.5 Å². The number of hydrogen-bond donors (Lipinski definition) is 11. The van der Waals surface area contributed by atoms with Gasteiger partial charge in [-0.3, -0.25) is 62.5 Å². The van der Waals surface area contributed by atoms with Gasteiger partial charge in [0.1, 0.15) is 17.8 Å². The lowest BCUT2D eigenvalue weighted by molar-refractivity contribution is -0.144. The predicted molar refractivity (Wildman–Crippen MR) is 329 cm³/mol. The standard InChI is InChI=1S/C60H82ClN9O16S2/c1-34(2)20-38-23-41(71)29-64-56(81)39(21-36-8-11-50(73)44(61)22-36)26-52(75)49-27-42(72)30-70(49)59(84)47(33-88-87-32-35(3)65-58(38)83)67-57(82)37(9-13-54(77)78)25-51(74)46(24-40-28-63-45-7-5-4-6-43(40)45)66-53(76)12-10-48(60(85)86)69-17-15-62-14-16-68(18-19-69)31-55(79)80/h4-8,11,22,28,34-35,37-39,42,46-49,62-63,72-73H,9-10,12-21,23-27,29-33H2,1-3H3,(H,64,81)(H,65,83)(H,66,76)(H,67,82)(H,77,78)(H,79,80)(H,85,86)/t35-,37+,38-,39-,42-,46+,47+,48?,49+/m1/s1. The predicted octanol–water partition coefficient (Wildman–Crippen LogP) is 2.42. The maximum absolute atomic E-state index is 15.0. The number of fused-ring (bicyclic) bond motifs is 2. The Morgan fingerprint density at radius 1 is 0.852 bits per heavy atom. The van der Waals surface area contributed by atoms with Gasteiger partial charge in [-0.15, -0.1) is 0 Å². The number of hydrogen-bond acceptors (Lipinski definition) is 18. The Balaban J connectivity index is 1.27. The van der Waals surface area contributed by atoms with E-state index in [9.17, 15) is 73.5 Å². The number of benzene rings is 2. The molecule has 88 heavy (non-hydrogen) atoms. The molecule has 482 valence electrons. The van der Waals surface area contributed by atoms with Crippen LogP contribution in [0.1, 0.15) is 89.7 Å². The van der Waals surface area contributed by atoms with Crippen LogP contribution in [0.4, 0.5) is 0 Å². The summed E-state index contributed by atoms with van der Waals surface area (Å²) in [4.78, 5) is 159. The van der Waals surface area contributed by atoms with E-state index in [0.29, 0.717) is 37.2 Å². The van der Waals surface area contributed by atoms with Gasteiger partial charge < -0.3 is 62.0 Å². The van der Waals surface area contributed by atoms with Gasteiger partial charge in [-0.05, 0) is 67.9 Å². The molecule has 11 N–H and O–H groups in total. The number of halogens is 1. The van der Waals surface area contributed by atoms with Gasteiger partial charge >= 0.3 is 17.9 Å². The van der Waals surface area contributed by atoms with Gasteiger partial charge in [0, 0.05) is 143 Å². The summed E-state index contributed by atoms with van der Waals surface area (Å²) in [6.45, 7) is 6.54. The molecule has 1 unspecified atom stereocenters. The van der Waals surface area contributed by atoms with E-state index >= 15 is 4.79 Å². The molecule has 2 aromatic carbocycles. The molecular formula is C60H82ClN9O16S2. The number of carboxylic acids is 3. The number of aromatic hydroxyl groups is 1. The Bertz CT molecular complexity index is 2990. The number of phenols is 1. The highest BCUT2D eigenvalue weighted by molar-refractivity contribution is 8.76. The van der Waals surface area contributed by atoms with Gasteiger partial charge in [0.15, 0.2) is 17.3 Å². The Labute approximate surface area is 523 Å². The number of aromatic amines is 1. The third-order valence-corrected chi connectivity index (χ3v) is 18.8. The molecule has 28 heteroatoms. The summed E-state index contributed by atoms with van der Waals surface area (Å²) in [5, 5.41) is 66.0. The van der Waals surface area contributed by atoms with Crippen molar-refractivity contribution in [2.24, 2.45) is 23.7 Å². The van der Waals surface area contributed by atoms with E-state index in [1.54, 1.807) is 41.1 Å². The highest BCUT2D eigenvalue weighted by Gasteiger charge is 2.43. The van der Waals surface area contributed by atoms with Crippen molar-refractivity contribution in [3.63, 3.8) is 0 Å². The monoisotopic (exact) mass is 1280 g/mol. The van der Waals surface area contributed by atoms with Crippen LogP contribution in [0.5, 0.6) is 5.75 Å². The molecule has 3 aliphatic heterocycles. The van der Waals surface area contributed by atoms with Crippen LogP contribution in [0, 0.1) is 23.7 Å². The summed E-state index contributed by atoms with van der Waals surface area (Å²) in [5.74, 6) is -12.2. The Kier molecular flexibility index (Phi) is 27.5. The van der Waals surface area contributed by atoms with Gasteiger partial charge in [-0.1, -0.05) is 71.3 Å². The Morgan fingerprint density at radius 3 is 2.31 bits per heavy atom. The largest absolute Gasteiger partial charge is 0.506 e. The quantitative estimate of drug-likeness (QED) is 0.0643. The third kappa shape index (κ3) is 21.9. The smallest absolute Gasteiger partial charge is 0.320 e. The van der Waals surface area contributed by atoms with E-state index in [1.807, 2.05) is 19.9 Å². The normalized spacial score (nSPS) is 23.1. The van der Waals surface area contributed by atoms with Crippen LogP contribution in [0.25, 0.3) is 10.9 Å². The highest BCUT2D eigenvalue weighted by atomic mass is 35.5. The first-order valence-corrected chi connectivity index (χ1v) is 32.6. The number of Topliss-reactive ketones (excluding diaryl/α,β-unsaturated/α-hetero) is 3. The van der Waals surface area contributed by atoms with Crippen LogP contribution in [0.15, 0.2) is 48.7 Å². The van der Waals surface area contributed by atoms with Crippen LogP contribution in [0.3, 0.4) is 0 Å². The molecular weight excluding hydrogens is 1200 g/mol. The first-order valence-electron chi connectivity index (χ1n) is 29.7. The average Bonchev–Trinajstić information content (AvgIpc) is 3.73. The number of aliphatic hydroxyl groups excluding tert-OH is 1. The SMILES string of the molecule is CC(C)C[C@@H]1CC(=O)CNC(=O)[C@H](Cc2ccc(O)c(Cl)c2)CC(=O)[C@@H]2C[C@@H](O)CN2C(=O)[C@@H](NC(=O)[C@@H](CCC(=O)O)CC(=O)[C@H](Cc2c[nH]c3ccccc23)NC(=O)CCC(C(=O)O)N2CCNCCN(CC(=O)O)CC2)CSSC[C@@H](C)NC1=O. The molecule has 6 rings (SSSR count). The van der Waals surface area contributed by atoms with Gasteiger partial charge in [0.05, 0.1) is 36.3 Å². The second kappa shape index (κ2) is 34.4. The van der Waals surface area contributed by atoms with Crippen molar-refractivity contribution in [3.8, 4) is 5.75 Å². The minimum absolute atomic E-state index is 0.0199. The highest BCUT2D eigenvalue weighted by Crippen LogP contribution is 2.31. The van der Waals surface area contributed by atoms with Crippen molar-refractivity contribution < 1.29 is 78.3 Å². The summed E-state index contributed by atoms with van der Waals surface area (Å²) >= 11 is 6.23. The molecule has 1 aromatic heterocycles. The Hall–Kier alpha value is -6.62. The van der Waals surface area contributed by atoms with E-state index < -0.39 is 145 Å². The molecule has 3 aromatic rings. The zero-order valence-corrected chi connectivity index (χ0v) is 52.1. The van der Waals surface area contributed by atoms with Gasteiger partial charge in [-0.25, -0.2) is 0 Å². The number of carbonyl (C=O) groups is 11. The van der Waals surface area contributed by atoms with Crippen molar-refractivity contribution in [1.29, 1.82) is 0 Å². The molecule has 3 fully saturated rings. The average molecular weight is 1280 g/mol. The van der Waals surface area contributed by atoms with Gasteiger partial charge in [0.25, 0.3) is 0 Å². The second-order valence-corrected chi connectivity index (χ2v) is 26.4. The minimum Gasteiger partial charge on any atom is -0.506 e. The van der Waals surface area contributed by atoms with Crippen LogP contribution in [-0.2, 0) is 65.6 Å². The lowest BCUT2D eigenvalue weighted by Gasteiger charge is -2.30. The van der Waals surface area contributed by atoms with Crippen molar-refractivity contribution in [2.75, 3.05) is 70.4 Å². The fourth-order valence-corrected chi connectivity index (χ4v) is 14.0. The molecule has 0 bridgehead atoms. The molecule has 9 atom stereocenters. The molecule has 0 radical (unpaired) electrons. The van der Waals surface area contributed by atoms with E-state index in [1.165, 1.54) is 29.0 Å². The third-order valence-electron chi connectivity index (χ3n) is 15.9. The number of rotatable bonds is 22. The number of aliphatic hydroxyl groups is 1. The summed E-state index contributed by atoms with van der Waals surface area (Å²) in [6, 6.07) is 5.67. The number of carboxylic acid groups (broad SMARTS) is 3. The van der Waals surface area contributed by atoms with Crippen LogP contribution >= 0.6 is 33.2 Å². The molecule has 3 saturated heterocycles. The maximum atomic E-state index is 15.0.